The van der Waals surface area contributed by atoms with Crippen molar-refractivity contribution in [3.63, 3.8) is 0 Å². The first-order valence-electron chi connectivity index (χ1n) is 9.83. The van der Waals surface area contributed by atoms with E-state index in [1.165, 1.54) is 16.8 Å². The van der Waals surface area contributed by atoms with Gasteiger partial charge in [0.25, 0.3) is 5.91 Å². The van der Waals surface area contributed by atoms with Gasteiger partial charge in [-0.3, -0.25) is 4.79 Å². The molecule has 2 atom stereocenters. The molecule has 5 nitrogen and oxygen atoms in total. The topological polar surface area (TPSA) is 62.4 Å². The van der Waals surface area contributed by atoms with Gasteiger partial charge in [-0.1, -0.05) is 42.5 Å². The quantitative estimate of drug-likeness (QED) is 0.748. The molecule has 0 fully saturated rings. The first-order valence-corrected chi connectivity index (χ1v) is 9.83. The predicted molar refractivity (Wildman–Crippen MR) is 110 cm³/mol. The number of carbonyl (C=O) groups is 1. The molecule has 2 aromatic rings. The first-order chi connectivity index (χ1) is 13.6. The molecule has 4 rings (SSSR count). The molecule has 2 unspecified atom stereocenters. The number of rotatable bonds is 5. The van der Waals surface area contributed by atoms with E-state index < -0.39 is 0 Å². The fourth-order valence-corrected chi connectivity index (χ4v) is 4.39. The highest BCUT2D eigenvalue weighted by Crippen LogP contribution is 2.43. The van der Waals surface area contributed by atoms with Crippen LogP contribution in [0.4, 0.5) is 0 Å². The molecule has 1 heterocycles. The van der Waals surface area contributed by atoms with Gasteiger partial charge in [-0.2, -0.15) is 0 Å². The number of benzene rings is 2. The van der Waals surface area contributed by atoms with E-state index in [0.717, 1.165) is 19.3 Å². The fraction of sp³-hybridized carbons (Fsp3) is 0.348. The van der Waals surface area contributed by atoms with Gasteiger partial charge in [-0.05, 0) is 49.5 Å². The molecule has 0 saturated carbocycles. The third-order valence-corrected chi connectivity index (χ3v) is 6.06. The first kappa shape index (κ1) is 18.6. The maximum Gasteiger partial charge on any atom is 0.255 e. The second-order valence-corrected chi connectivity index (χ2v) is 7.70. The monoisotopic (exact) mass is 377 g/mol. The van der Waals surface area contributed by atoms with E-state index in [9.17, 15) is 4.79 Å². The number of allylic oxidation sites excluding steroid dienone is 1. The van der Waals surface area contributed by atoms with Gasteiger partial charge in [0.2, 0.25) is 0 Å². The molecule has 0 radical (unpaired) electrons. The Morgan fingerprint density at radius 2 is 1.93 bits per heavy atom. The van der Waals surface area contributed by atoms with Crippen LogP contribution in [-0.4, -0.2) is 25.6 Å². The summed E-state index contributed by atoms with van der Waals surface area (Å²) >= 11 is 0. The fourth-order valence-electron chi connectivity index (χ4n) is 4.39. The third kappa shape index (κ3) is 3.38. The number of hydrogen-bond donors (Lipinski definition) is 3. The minimum atomic E-state index is -0.111. The number of amides is 1. The Kier molecular flexibility index (Phi) is 5.09. The maximum atomic E-state index is 12.9. The second-order valence-electron chi connectivity index (χ2n) is 7.70. The summed E-state index contributed by atoms with van der Waals surface area (Å²) in [7, 11) is 1.59. The number of carbonyl (C=O) groups excluding carboxylic acids is 1. The van der Waals surface area contributed by atoms with E-state index in [2.05, 4.69) is 47.4 Å². The van der Waals surface area contributed by atoms with Crippen LogP contribution in [0.15, 0.2) is 65.9 Å². The average Bonchev–Trinajstić information content (AvgIpc) is 3.12. The molecule has 0 aromatic heterocycles. The number of nitrogens with one attached hydrogen (secondary N) is 3. The van der Waals surface area contributed by atoms with Gasteiger partial charge < -0.3 is 15.5 Å². The number of hydrogen-bond acceptors (Lipinski definition) is 4. The molecular formula is C23H27N3O2. The van der Waals surface area contributed by atoms with Crippen LogP contribution in [0.3, 0.4) is 0 Å². The van der Waals surface area contributed by atoms with Gasteiger partial charge in [-0.25, -0.2) is 5.43 Å². The maximum absolute atomic E-state index is 12.9. The zero-order valence-electron chi connectivity index (χ0n) is 16.4. The minimum Gasteiger partial charge on any atom is -0.496 e. The van der Waals surface area contributed by atoms with Crippen molar-refractivity contribution in [2.75, 3.05) is 13.7 Å². The highest BCUT2D eigenvalue weighted by Gasteiger charge is 2.40. The van der Waals surface area contributed by atoms with Crippen molar-refractivity contribution >= 4 is 5.91 Å². The summed E-state index contributed by atoms with van der Waals surface area (Å²) in [6.45, 7) is 2.78. The van der Waals surface area contributed by atoms with Crippen molar-refractivity contribution < 1.29 is 9.53 Å². The Labute approximate surface area is 166 Å². The van der Waals surface area contributed by atoms with Crippen LogP contribution in [0.1, 0.15) is 42.1 Å². The summed E-state index contributed by atoms with van der Waals surface area (Å²) in [6.07, 6.45) is 2.90. The van der Waals surface area contributed by atoms with Crippen LogP contribution in [0.25, 0.3) is 0 Å². The van der Waals surface area contributed by atoms with Gasteiger partial charge in [0.15, 0.2) is 0 Å². The lowest BCUT2D eigenvalue weighted by molar-refractivity contribution is 0.0937. The van der Waals surface area contributed by atoms with E-state index >= 15 is 0 Å². The molecule has 1 aliphatic heterocycles. The van der Waals surface area contributed by atoms with E-state index in [4.69, 9.17) is 4.74 Å². The van der Waals surface area contributed by atoms with Gasteiger partial charge in [0, 0.05) is 23.7 Å². The van der Waals surface area contributed by atoms with Crippen LogP contribution in [0.5, 0.6) is 5.75 Å². The lowest BCUT2D eigenvalue weighted by Gasteiger charge is -2.39. The van der Waals surface area contributed by atoms with Crippen LogP contribution in [0, 0.1) is 0 Å². The standard InChI is InChI=1S/C23H27N3O2/c1-16-19-14-23(13-12-20(19)26-25-16,17-8-4-3-5-9-17)15-24-22(27)18-10-6-7-11-21(18)28-2/h3-11,16,25-26H,12-15H2,1-2H3,(H,24,27). The lowest BCUT2D eigenvalue weighted by Crippen LogP contribution is -2.43. The largest absolute Gasteiger partial charge is 0.496 e. The number of para-hydroxylation sites is 1. The van der Waals surface area contributed by atoms with Crippen molar-refractivity contribution in [1.82, 2.24) is 16.2 Å². The molecule has 28 heavy (non-hydrogen) atoms. The van der Waals surface area contributed by atoms with Crippen molar-refractivity contribution in [2.24, 2.45) is 0 Å². The molecule has 0 saturated heterocycles. The zero-order chi connectivity index (χ0) is 19.6. The number of methoxy groups -OCH3 is 1. The highest BCUT2D eigenvalue weighted by molar-refractivity contribution is 5.97. The van der Waals surface area contributed by atoms with Crippen molar-refractivity contribution in [2.45, 2.75) is 37.6 Å². The summed E-state index contributed by atoms with van der Waals surface area (Å²) in [5, 5.41) is 3.20. The van der Waals surface area contributed by atoms with Gasteiger partial charge in [0.05, 0.1) is 12.7 Å². The van der Waals surface area contributed by atoms with Crippen LogP contribution >= 0.6 is 0 Å². The average molecular weight is 377 g/mol. The summed E-state index contributed by atoms with van der Waals surface area (Å²) in [5.74, 6) is 0.503. The van der Waals surface area contributed by atoms with Crippen molar-refractivity contribution in [3.8, 4) is 5.75 Å². The summed E-state index contributed by atoms with van der Waals surface area (Å²) in [4.78, 5) is 12.9. The van der Waals surface area contributed by atoms with Crippen molar-refractivity contribution in [3.05, 3.63) is 77.0 Å². The van der Waals surface area contributed by atoms with Crippen LogP contribution < -0.4 is 20.9 Å². The Bertz CT molecular complexity index is 894. The zero-order valence-corrected chi connectivity index (χ0v) is 16.4. The van der Waals surface area contributed by atoms with Crippen LogP contribution in [0.2, 0.25) is 0 Å². The molecule has 0 bridgehead atoms. The SMILES string of the molecule is COc1ccccc1C(=O)NCC1(c2ccccc2)CCC2=C(C1)C(C)NN2. The predicted octanol–water partition coefficient (Wildman–Crippen LogP) is 3.30. The molecule has 2 aromatic carbocycles. The second kappa shape index (κ2) is 7.68. The van der Waals surface area contributed by atoms with Crippen molar-refractivity contribution in [1.29, 1.82) is 0 Å². The lowest BCUT2D eigenvalue weighted by atomic mass is 9.67. The molecule has 2 aliphatic rings. The van der Waals surface area contributed by atoms with Gasteiger partial charge in [-0.15, -0.1) is 0 Å². The molecule has 3 N–H and O–H groups in total. The Balaban J connectivity index is 1.60. The van der Waals surface area contributed by atoms with Gasteiger partial charge in [0.1, 0.15) is 5.75 Å². The summed E-state index contributed by atoms with van der Waals surface area (Å²) in [5.41, 5.74) is 11.1. The van der Waals surface area contributed by atoms with E-state index in [-0.39, 0.29) is 11.3 Å². The Hall–Kier alpha value is -2.79. The smallest absolute Gasteiger partial charge is 0.255 e. The molecule has 1 aliphatic carbocycles. The normalized spacial score (nSPS) is 23.7. The summed E-state index contributed by atoms with van der Waals surface area (Å²) < 4.78 is 5.35. The molecule has 0 spiro atoms. The highest BCUT2D eigenvalue weighted by atomic mass is 16.5. The number of ether oxygens (including phenoxy) is 1. The number of hydrazine groups is 1. The molecule has 1 amide bonds. The molecular weight excluding hydrogens is 350 g/mol. The minimum absolute atomic E-state index is 0.0942. The van der Waals surface area contributed by atoms with E-state index in [1.807, 2.05) is 24.3 Å². The third-order valence-electron chi connectivity index (χ3n) is 6.06. The van der Waals surface area contributed by atoms with Crippen LogP contribution in [-0.2, 0) is 5.41 Å². The Morgan fingerprint density at radius 3 is 2.71 bits per heavy atom. The Morgan fingerprint density at radius 1 is 1.18 bits per heavy atom. The van der Waals surface area contributed by atoms with Gasteiger partial charge >= 0.3 is 0 Å². The van der Waals surface area contributed by atoms with E-state index in [1.54, 1.807) is 13.2 Å². The summed E-state index contributed by atoms with van der Waals surface area (Å²) in [6, 6.07) is 18.2. The molecule has 5 heteroatoms. The molecule has 146 valence electrons. The van der Waals surface area contributed by atoms with E-state index in [0.29, 0.717) is 23.9 Å².